The van der Waals surface area contributed by atoms with Crippen LogP contribution in [-0.4, -0.2) is 37.0 Å². The molecule has 4 rings (SSSR count). The summed E-state index contributed by atoms with van der Waals surface area (Å²) in [6, 6.07) is 17.6. The Labute approximate surface area is 192 Å². The van der Waals surface area contributed by atoms with Crippen LogP contribution in [0.1, 0.15) is 27.0 Å². The van der Waals surface area contributed by atoms with E-state index in [4.69, 9.17) is 14.2 Å². The predicted molar refractivity (Wildman–Crippen MR) is 127 cm³/mol. The third kappa shape index (κ3) is 4.77. The lowest BCUT2D eigenvalue weighted by molar-refractivity contribution is 0.0951. The number of hydrogen-bond acceptors (Lipinski definition) is 5. The van der Waals surface area contributed by atoms with Gasteiger partial charge in [-0.2, -0.15) is 5.10 Å². The summed E-state index contributed by atoms with van der Waals surface area (Å²) >= 11 is 0. The Morgan fingerprint density at radius 2 is 1.61 bits per heavy atom. The van der Waals surface area contributed by atoms with Gasteiger partial charge in [0.15, 0.2) is 11.5 Å². The van der Waals surface area contributed by atoms with Crippen LogP contribution in [0.5, 0.6) is 17.2 Å². The molecule has 4 aromatic rings. The van der Waals surface area contributed by atoms with Gasteiger partial charge in [0.05, 0.1) is 39.6 Å². The molecule has 0 spiro atoms. The maximum Gasteiger partial charge on any atom is 0.251 e. The molecule has 0 saturated carbocycles. The van der Waals surface area contributed by atoms with Crippen molar-refractivity contribution in [3.63, 3.8) is 0 Å². The Morgan fingerprint density at radius 1 is 0.909 bits per heavy atom. The van der Waals surface area contributed by atoms with E-state index in [1.165, 1.54) is 5.56 Å². The quantitative estimate of drug-likeness (QED) is 0.437. The van der Waals surface area contributed by atoms with Crippen molar-refractivity contribution >= 4 is 16.8 Å². The summed E-state index contributed by atoms with van der Waals surface area (Å²) in [5.41, 5.74) is 4.69. The molecular weight excluding hydrogens is 418 g/mol. The van der Waals surface area contributed by atoms with E-state index in [-0.39, 0.29) is 5.91 Å². The second kappa shape index (κ2) is 9.65. The van der Waals surface area contributed by atoms with E-state index >= 15 is 0 Å². The number of nitrogens with one attached hydrogen (secondary N) is 1. The zero-order valence-electron chi connectivity index (χ0n) is 19.2. The Bertz CT molecular complexity index is 1250. The molecule has 0 saturated heterocycles. The lowest BCUT2D eigenvalue weighted by Gasteiger charge is -2.14. The van der Waals surface area contributed by atoms with Crippen LogP contribution in [0.3, 0.4) is 0 Å². The Kier molecular flexibility index (Phi) is 6.49. The van der Waals surface area contributed by atoms with Gasteiger partial charge in [-0.3, -0.25) is 9.48 Å². The highest BCUT2D eigenvalue weighted by Gasteiger charge is 2.15. The van der Waals surface area contributed by atoms with Crippen molar-refractivity contribution in [3.05, 3.63) is 83.0 Å². The van der Waals surface area contributed by atoms with Crippen molar-refractivity contribution in [2.24, 2.45) is 0 Å². The number of benzene rings is 3. The van der Waals surface area contributed by atoms with Gasteiger partial charge >= 0.3 is 0 Å². The van der Waals surface area contributed by atoms with Crippen molar-refractivity contribution in [3.8, 4) is 17.2 Å². The zero-order chi connectivity index (χ0) is 23.4. The predicted octanol–water partition coefficient (Wildman–Crippen LogP) is 4.35. The summed E-state index contributed by atoms with van der Waals surface area (Å²) < 4.78 is 18.1. The van der Waals surface area contributed by atoms with E-state index in [9.17, 15) is 4.79 Å². The van der Waals surface area contributed by atoms with Crippen molar-refractivity contribution in [1.82, 2.24) is 15.1 Å². The van der Waals surface area contributed by atoms with Crippen LogP contribution in [0.4, 0.5) is 0 Å². The molecular formula is C26H27N3O4. The van der Waals surface area contributed by atoms with Crippen LogP contribution in [0.2, 0.25) is 0 Å². The first-order valence-electron chi connectivity index (χ1n) is 10.6. The number of carbonyl (C=O) groups is 1. The van der Waals surface area contributed by atoms with Gasteiger partial charge in [-0.1, -0.05) is 35.9 Å². The molecule has 0 unspecified atom stereocenters. The maximum atomic E-state index is 12.9. The summed E-state index contributed by atoms with van der Waals surface area (Å²) in [7, 11) is 4.69. The van der Waals surface area contributed by atoms with Crippen molar-refractivity contribution in [2.75, 3.05) is 21.3 Å². The van der Waals surface area contributed by atoms with E-state index in [0.717, 1.165) is 22.0 Å². The number of methoxy groups -OCH3 is 3. The van der Waals surface area contributed by atoms with Gasteiger partial charge in [0.25, 0.3) is 5.91 Å². The van der Waals surface area contributed by atoms with Crippen LogP contribution in [-0.2, 0) is 13.1 Å². The third-order valence-electron chi connectivity index (χ3n) is 5.54. The summed E-state index contributed by atoms with van der Waals surface area (Å²) in [6.07, 6.45) is 1.82. The van der Waals surface area contributed by atoms with Crippen LogP contribution in [0.25, 0.3) is 10.9 Å². The Morgan fingerprint density at radius 3 is 2.24 bits per heavy atom. The highest BCUT2D eigenvalue weighted by atomic mass is 16.5. The van der Waals surface area contributed by atoms with Crippen LogP contribution >= 0.6 is 0 Å². The summed E-state index contributed by atoms with van der Waals surface area (Å²) in [5, 5.41) is 8.46. The molecule has 0 aliphatic carbocycles. The lowest BCUT2D eigenvalue weighted by Crippen LogP contribution is -2.22. The number of rotatable bonds is 8. The number of nitrogens with zero attached hydrogens (tertiary/aromatic N) is 2. The average molecular weight is 446 g/mol. The average Bonchev–Trinajstić information content (AvgIpc) is 3.24. The van der Waals surface area contributed by atoms with Crippen LogP contribution in [0, 0.1) is 6.92 Å². The first-order valence-corrected chi connectivity index (χ1v) is 10.6. The Balaban J connectivity index is 1.52. The molecule has 33 heavy (non-hydrogen) atoms. The molecule has 0 fully saturated rings. The van der Waals surface area contributed by atoms with Crippen LogP contribution in [0.15, 0.2) is 60.8 Å². The number of amides is 1. The summed E-state index contributed by atoms with van der Waals surface area (Å²) in [5.74, 6) is 1.43. The maximum absolute atomic E-state index is 12.9. The molecule has 0 aliphatic rings. The van der Waals surface area contributed by atoms with Crippen molar-refractivity contribution in [2.45, 2.75) is 20.0 Å². The largest absolute Gasteiger partial charge is 0.493 e. The number of hydrogen-bond donors (Lipinski definition) is 1. The van der Waals surface area contributed by atoms with Crippen LogP contribution < -0.4 is 19.5 Å². The number of aromatic nitrogens is 2. The molecule has 0 aliphatic heterocycles. The zero-order valence-corrected chi connectivity index (χ0v) is 19.2. The third-order valence-corrected chi connectivity index (χ3v) is 5.54. The first kappa shape index (κ1) is 22.2. The highest BCUT2D eigenvalue weighted by Crippen LogP contribution is 2.38. The molecule has 3 aromatic carbocycles. The minimum atomic E-state index is -0.172. The summed E-state index contributed by atoms with van der Waals surface area (Å²) in [4.78, 5) is 12.9. The van der Waals surface area contributed by atoms with Gasteiger partial charge < -0.3 is 19.5 Å². The normalized spacial score (nSPS) is 10.8. The molecule has 7 nitrogen and oxygen atoms in total. The number of ether oxygens (including phenoxy) is 3. The smallest absolute Gasteiger partial charge is 0.251 e. The molecule has 0 atom stereocenters. The van der Waals surface area contributed by atoms with Gasteiger partial charge in [0.2, 0.25) is 5.75 Å². The van der Waals surface area contributed by atoms with Crippen molar-refractivity contribution in [1.29, 1.82) is 0 Å². The molecule has 0 bridgehead atoms. The topological polar surface area (TPSA) is 74.6 Å². The fraction of sp³-hybridized carbons (Fsp3) is 0.231. The number of aryl methyl sites for hydroxylation is 1. The fourth-order valence-electron chi connectivity index (χ4n) is 3.73. The number of fused-ring (bicyclic) bond motifs is 1. The van der Waals surface area contributed by atoms with E-state index < -0.39 is 0 Å². The van der Waals surface area contributed by atoms with Gasteiger partial charge in [-0.05, 0) is 42.3 Å². The number of carbonyl (C=O) groups excluding carboxylic acids is 1. The van der Waals surface area contributed by atoms with Gasteiger partial charge in [0.1, 0.15) is 0 Å². The second-order valence-corrected chi connectivity index (χ2v) is 7.78. The molecule has 7 heteroatoms. The SMILES string of the molecule is COc1cc(CNC(=O)c2ccc3cnn(Cc4ccc(C)cc4)c3c2)cc(OC)c1OC. The molecule has 0 radical (unpaired) electrons. The van der Waals surface area contributed by atoms with Crippen molar-refractivity contribution < 1.29 is 19.0 Å². The standard InChI is InChI=1S/C26H27N3O4/c1-17-5-7-18(8-6-17)16-29-22-13-20(9-10-21(22)15-28-29)26(30)27-14-19-11-23(31-2)25(33-4)24(12-19)32-3/h5-13,15H,14,16H2,1-4H3,(H,27,30). The van der Waals surface area contributed by atoms with Gasteiger partial charge in [0, 0.05) is 17.5 Å². The fourth-order valence-corrected chi connectivity index (χ4v) is 3.73. The van der Waals surface area contributed by atoms with E-state index in [1.807, 2.05) is 41.2 Å². The molecule has 1 amide bonds. The molecule has 1 heterocycles. The first-order chi connectivity index (χ1) is 16.0. The molecule has 1 N–H and O–H groups in total. The summed E-state index contributed by atoms with van der Waals surface area (Å²) in [6.45, 7) is 3.02. The monoisotopic (exact) mass is 445 g/mol. The van der Waals surface area contributed by atoms with E-state index in [1.54, 1.807) is 21.3 Å². The van der Waals surface area contributed by atoms with E-state index in [2.05, 4.69) is 41.6 Å². The Hall–Kier alpha value is -4.00. The van der Waals surface area contributed by atoms with Gasteiger partial charge in [-0.25, -0.2) is 0 Å². The minimum Gasteiger partial charge on any atom is -0.493 e. The molecule has 1 aromatic heterocycles. The lowest BCUT2D eigenvalue weighted by atomic mass is 10.1. The second-order valence-electron chi connectivity index (χ2n) is 7.78. The molecule has 170 valence electrons. The van der Waals surface area contributed by atoms with E-state index in [0.29, 0.717) is 35.9 Å². The minimum absolute atomic E-state index is 0.172. The van der Waals surface area contributed by atoms with Gasteiger partial charge in [-0.15, -0.1) is 0 Å². The highest BCUT2D eigenvalue weighted by molar-refractivity contribution is 5.97.